The summed E-state index contributed by atoms with van der Waals surface area (Å²) in [5.41, 5.74) is 3.66. The highest BCUT2D eigenvalue weighted by molar-refractivity contribution is 7.87. The highest BCUT2D eigenvalue weighted by Gasteiger charge is 2.17. The molecule has 0 aliphatic rings. The van der Waals surface area contributed by atoms with Gasteiger partial charge in [-0.15, -0.1) is 0 Å². The Morgan fingerprint density at radius 2 is 1.81 bits per heavy atom. The predicted molar refractivity (Wildman–Crippen MR) is 119 cm³/mol. The molecular formula is C23H26N2O5S. The Morgan fingerprint density at radius 1 is 1.06 bits per heavy atom. The van der Waals surface area contributed by atoms with Crippen LogP contribution in [0.25, 0.3) is 0 Å². The third-order valence-electron chi connectivity index (χ3n) is 4.71. The molecule has 2 aromatic carbocycles. The van der Waals surface area contributed by atoms with Crippen molar-refractivity contribution in [3.8, 4) is 5.75 Å². The number of carbonyl (C=O) groups excluding carboxylic acids is 1. The Labute approximate surface area is 182 Å². The van der Waals surface area contributed by atoms with Crippen molar-refractivity contribution in [1.82, 2.24) is 4.90 Å². The molecule has 0 saturated heterocycles. The minimum atomic E-state index is -3.58. The molecule has 31 heavy (non-hydrogen) atoms. The number of nitrogens with zero attached hydrogens (tertiary/aromatic N) is 1. The van der Waals surface area contributed by atoms with Crippen molar-refractivity contribution in [2.45, 2.75) is 33.9 Å². The third kappa shape index (κ3) is 6.36. The van der Waals surface area contributed by atoms with Gasteiger partial charge in [-0.25, -0.2) is 4.79 Å². The van der Waals surface area contributed by atoms with Crippen LogP contribution in [0.5, 0.6) is 5.75 Å². The molecule has 3 aromatic rings. The summed E-state index contributed by atoms with van der Waals surface area (Å²) in [4.78, 5) is 14.7. The molecular weight excluding hydrogens is 416 g/mol. The zero-order chi connectivity index (χ0) is 22.4. The summed E-state index contributed by atoms with van der Waals surface area (Å²) in [7, 11) is -3.58. The van der Waals surface area contributed by atoms with Gasteiger partial charge in [-0.05, 0) is 62.2 Å². The van der Waals surface area contributed by atoms with E-state index in [9.17, 15) is 13.2 Å². The molecule has 1 heterocycles. The van der Waals surface area contributed by atoms with E-state index >= 15 is 0 Å². The number of carbonyl (C=O) groups is 1. The number of rotatable bonds is 8. The van der Waals surface area contributed by atoms with Crippen molar-refractivity contribution in [2.75, 3.05) is 11.1 Å². The van der Waals surface area contributed by atoms with Crippen molar-refractivity contribution in [3.05, 3.63) is 83.3 Å². The van der Waals surface area contributed by atoms with E-state index in [4.69, 9.17) is 8.60 Å². The fourth-order valence-electron chi connectivity index (χ4n) is 3.01. The van der Waals surface area contributed by atoms with Crippen LogP contribution in [-0.2, 0) is 23.2 Å². The largest absolute Gasteiger partial charge is 0.467 e. The van der Waals surface area contributed by atoms with Crippen LogP contribution in [0.4, 0.5) is 10.5 Å². The first-order chi connectivity index (χ1) is 14.8. The Morgan fingerprint density at radius 3 is 2.42 bits per heavy atom. The van der Waals surface area contributed by atoms with Crippen molar-refractivity contribution in [3.63, 3.8) is 0 Å². The Kier molecular flexibility index (Phi) is 7.02. The fourth-order valence-corrected chi connectivity index (χ4v) is 3.54. The number of anilines is 1. The summed E-state index contributed by atoms with van der Waals surface area (Å²) >= 11 is 0. The summed E-state index contributed by atoms with van der Waals surface area (Å²) in [5.74, 6) is 0.789. The molecule has 2 amide bonds. The number of urea groups is 1. The molecule has 164 valence electrons. The Balaban J connectivity index is 1.76. The van der Waals surface area contributed by atoms with E-state index < -0.39 is 10.1 Å². The minimum absolute atomic E-state index is 0.107. The van der Waals surface area contributed by atoms with E-state index in [-0.39, 0.29) is 24.1 Å². The second kappa shape index (κ2) is 9.70. The molecule has 0 bridgehead atoms. The monoisotopic (exact) mass is 442 g/mol. The number of benzene rings is 2. The average molecular weight is 443 g/mol. The van der Waals surface area contributed by atoms with Crippen molar-refractivity contribution in [2.24, 2.45) is 0 Å². The molecule has 0 radical (unpaired) electrons. The first-order valence-corrected chi connectivity index (χ1v) is 11.5. The van der Waals surface area contributed by atoms with Gasteiger partial charge in [0.05, 0.1) is 18.6 Å². The number of furan rings is 1. The second-order valence-electron chi connectivity index (χ2n) is 7.26. The first kappa shape index (κ1) is 22.4. The number of hydrogen-bond acceptors (Lipinski definition) is 5. The normalized spacial score (nSPS) is 11.2. The van der Waals surface area contributed by atoms with E-state index in [1.165, 1.54) is 6.92 Å². The highest BCUT2D eigenvalue weighted by Crippen LogP contribution is 2.20. The molecule has 0 aliphatic heterocycles. The van der Waals surface area contributed by atoms with Crippen LogP contribution in [0.1, 0.15) is 29.4 Å². The molecule has 0 saturated carbocycles. The van der Waals surface area contributed by atoms with Gasteiger partial charge in [-0.2, -0.15) is 8.42 Å². The van der Waals surface area contributed by atoms with Gasteiger partial charge in [-0.3, -0.25) is 0 Å². The average Bonchev–Trinajstić information content (AvgIpc) is 3.24. The van der Waals surface area contributed by atoms with Crippen LogP contribution in [0.2, 0.25) is 0 Å². The molecule has 0 fully saturated rings. The molecule has 7 nitrogen and oxygen atoms in total. The first-order valence-electron chi connectivity index (χ1n) is 9.92. The maximum atomic E-state index is 13.0. The zero-order valence-electron chi connectivity index (χ0n) is 17.8. The summed E-state index contributed by atoms with van der Waals surface area (Å²) in [5, 5.41) is 2.96. The zero-order valence-corrected chi connectivity index (χ0v) is 18.6. The lowest BCUT2D eigenvalue weighted by Gasteiger charge is -2.23. The van der Waals surface area contributed by atoms with Gasteiger partial charge in [0, 0.05) is 12.2 Å². The molecule has 0 unspecified atom stereocenters. The topological polar surface area (TPSA) is 88.9 Å². The SMILES string of the molecule is CCS(=O)(=O)Oc1ccc(CN(Cc2ccco2)C(=O)Nc2ccc(C)cc2C)cc1. The van der Waals surface area contributed by atoms with Gasteiger partial charge in [0.15, 0.2) is 0 Å². The van der Waals surface area contributed by atoms with Crippen molar-refractivity contribution < 1.29 is 21.8 Å². The van der Waals surface area contributed by atoms with Crippen LogP contribution in [-0.4, -0.2) is 25.1 Å². The predicted octanol–water partition coefficient (Wildman–Crippen LogP) is 4.86. The molecule has 1 N–H and O–H groups in total. The maximum Gasteiger partial charge on any atom is 0.322 e. The van der Waals surface area contributed by atoms with Crippen LogP contribution in [0.3, 0.4) is 0 Å². The van der Waals surface area contributed by atoms with E-state index in [0.717, 1.165) is 22.4 Å². The number of hydrogen-bond donors (Lipinski definition) is 1. The van der Waals surface area contributed by atoms with E-state index in [2.05, 4.69) is 5.32 Å². The molecule has 3 rings (SSSR count). The van der Waals surface area contributed by atoms with Gasteiger partial charge in [0.2, 0.25) is 0 Å². The molecule has 1 aromatic heterocycles. The Bertz CT molecular complexity index is 1120. The lowest BCUT2D eigenvalue weighted by molar-refractivity contribution is 0.201. The maximum absolute atomic E-state index is 13.0. The van der Waals surface area contributed by atoms with Crippen molar-refractivity contribution >= 4 is 21.8 Å². The lowest BCUT2D eigenvalue weighted by atomic mass is 10.1. The highest BCUT2D eigenvalue weighted by atomic mass is 32.2. The minimum Gasteiger partial charge on any atom is -0.467 e. The van der Waals surface area contributed by atoms with Gasteiger partial charge in [0.25, 0.3) is 0 Å². The van der Waals surface area contributed by atoms with Crippen molar-refractivity contribution in [1.29, 1.82) is 0 Å². The summed E-state index contributed by atoms with van der Waals surface area (Å²) in [6, 6.07) is 15.8. The fraction of sp³-hybridized carbons (Fsp3) is 0.261. The van der Waals surface area contributed by atoms with Crippen LogP contribution >= 0.6 is 0 Å². The van der Waals surface area contributed by atoms with Gasteiger partial charge in [0.1, 0.15) is 11.5 Å². The molecule has 0 spiro atoms. The number of amides is 2. The standard InChI is InChI=1S/C23H26N2O5S/c1-4-31(27,28)30-20-10-8-19(9-11-20)15-25(16-21-6-5-13-29-21)23(26)24-22-12-7-17(2)14-18(22)3/h5-14H,4,15-16H2,1-3H3,(H,24,26). The molecule has 0 aliphatic carbocycles. The van der Waals surface area contributed by atoms with E-state index in [0.29, 0.717) is 12.3 Å². The quantitative estimate of drug-likeness (QED) is 0.503. The summed E-state index contributed by atoms with van der Waals surface area (Å²) in [6.45, 7) is 6.05. The Hall–Kier alpha value is -3.26. The lowest BCUT2D eigenvalue weighted by Crippen LogP contribution is -2.34. The van der Waals surface area contributed by atoms with Crippen LogP contribution < -0.4 is 9.50 Å². The summed E-state index contributed by atoms with van der Waals surface area (Å²) in [6.07, 6.45) is 1.57. The smallest absolute Gasteiger partial charge is 0.322 e. The second-order valence-corrected chi connectivity index (χ2v) is 9.12. The third-order valence-corrected chi connectivity index (χ3v) is 5.86. The van der Waals surface area contributed by atoms with Gasteiger partial charge < -0.3 is 18.8 Å². The summed E-state index contributed by atoms with van der Waals surface area (Å²) < 4.78 is 33.7. The molecule has 8 heteroatoms. The van der Waals surface area contributed by atoms with E-state index in [1.54, 1.807) is 41.5 Å². The number of aryl methyl sites for hydroxylation is 2. The van der Waals surface area contributed by atoms with Gasteiger partial charge >= 0.3 is 16.1 Å². The number of nitrogens with one attached hydrogen (secondary N) is 1. The molecule has 0 atom stereocenters. The van der Waals surface area contributed by atoms with Gasteiger partial charge in [-0.1, -0.05) is 29.8 Å². The van der Waals surface area contributed by atoms with Crippen LogP contribution in [0.15, 0.2) is 65.3 Å². The van der Waals surface area contributed by atoms with E-state index in [1.807, 2.05) is 38.1 Å². The van der Waals surface area contributed by atoms with Crippen LogP contribution in [0, 0.1) is 13.8 Å².